The maximum Gasteiger partial charge on any atom is 0.235 e. The molecule has 52 valence electrons. The van der Waals surface area contributed by atoms with E-state index >= 15 is 0 Å². The summed E-state index contributed by atoms with van der Waals surface area (Å²) in [5.74, 6) is 0.0389. The van der Waals surface area contributed by atoms with Crippen molar-refractivity contribution in [3.05, 3.63) is 0 Å². The molecular weight excluding hydrogens is 120 g/mol. The van der Waals surface area contributed by atoms with Crippen molar-refractivity contribution in [2.75, 3.05) is 13.7 Å². The molecule has 9 heavy (non-hydrogen) atoms. The van der Waals surface area contributed by atoms with Gasteiger partial charge in [0, 0.05) is 13.5 Å². The summed E-state index contributed by atoms with van der Waals surface area (Å²) < 4.78 is 4.82. The van der Waals surface area contributed by atoms with E-state index in [1.165, 1.54) is 0 Å². The third kappa shape index (κ3) is 1.65. The van der Waals surface area contributed by atoms with Crippen LogP contribution in [0.2, 0.25) is 0 Å². The second-order valence-corrected chi connectivity index (χ2v) is 2.05. The van der Waals surface area contributed by atoms with Crippen molar-refractivity contribution in [1.82, 2.24) is 10.9 Å². The highest BCUT2D eigenvalue weighted by Crippen LogP contribution is 1.96. The Labute approximate surface area is 53.5 Å². The summed E-state index contributed by atoms with van der Waals surface area (Å²) in [7, 11) is 1.62. The third-order valence-corrected chi connectivity index (χ3v) is 1.22. The highest BCUT2D eigenvalue weighted by atomic mass is 16.5. The molecule has 1 aliphatic heterocycles. The maximum atomic E-state index is 10.5. The van der Waals surface area contributed by atoms with E-state index < -0.39 is 0 Å². The number of hydrogen-bond donors (Lipinski definition) is 2. The van der Waals surface area contributed by atoms with Crippen LogP contribution in [0.15, 0.2) is 0 Å². The van der Waals surface area contributed by atoms with Crippen molar-refractivity contribution in [3.63, 3.8) is 0 Å². The fourth-order valence-electron chi connectivity index (χ4n) is 0.810. The average molecular weight is 130 g/mol. The van der Waals surface area contributed by atoms with E-state index in [-0.39, 0.29) is 11.9 Å². The first-order valence-corrected chi connectivity index (χ1v) is 2.86. The first-order valence-electron chi connectivity index (χ1n) is 2.86. The van der Waals surface area contributed by atoms with E-state index in [0.717, 1.165) is 0 Å². The number of carbonyl (C=O) groups is 1. The lowest BCUT2D eigenvalue weighted by Crippen LogP contribution is -2.33. The van der Waals surface area contributed by atoms with Gasteiger partial charge in [-0.1, -0.05) is 0 Å². The Hall–Kier alpha value is -0.610. The molecule has 1 fully saturated rings. The second kappa shape index (κ2) is 2.80. The van der Waals surface area contributed by atoms with E-state index in [1.807, 2.05) is 0 Å². The summed E-state index contributed by atoms with van der Waals surface area (Å²) in [6.45, 7) is 0.582. The van der Waals surface area contributed by atoms with Crippen molar-refractivity contribution in [2.24, 2.45) is 0 Å². The molecule has 4 heteroatoms. The summed E-state index contributed by atoms with van der Waals surface area (Å²) in [5, 5.41) is 0. The first-order chi connectivity index (χ1) is 4.33. The molecule has 1 amide bonds. The van der Waals surface area contributed by atoms with Gasteiger partial charge in [-0.05, 0) is 0 Å². The molecule has 0 spiro atoms. The van der Waals surface area contributed by atoms with Gasteiger partial charge >= 0.3 is 0 Å². The smallest absolute Gasteiger partial charge is 0.235 e. The van der Waals surface area contributed by atoms with Crippen molar-refractivity contribution < 1.29 is 9.53 Å². The van der Waals surface area contributed by atoms with Crippen LogP contribution >= 0.6 is 0 Å². The fourth-order valence-corrected chi connectivity index (χ4v) is 0.810. The molecular formula is C5H10N2O2. The topological polar surface area (TPSA) is 50.4 Å². The largest absolute Gasteiger partial charge is 0.383 e. The van der Waals surface area contributed by atoms with Crippen LogP contribution in [0, 0.1) is 0 Å². The number of hydrogen-bond acceptors (Lipinski definition) is 3. The molecule has 0 aromatic rings. The predicted octanol–water partition coefficient (Wildman–Crippen LogP) is -0.974. The number of rotatable bonds is 2. The van der Waals surface area contributed by atoms with Crippen LogP contribution in [-0.4, -0.2) is 25.7 Å². The van der Waals surface area contributed by atoms with Crippen LogP contribution in [0.4, 0.5) is 0 Å². The fraction of sp³-hybridized carbons (Fsp3) is 0.800. The van der Waals surface area contributed by atoms with Crippen LogP contribution in [0.3, 0.4) is 0 Å². The second-order valence-electron chi connectivity index (χ2n) is 2.05. The minimum absolute atomic E-state index is 0.0389. The number of hydrazine groups is 1. The Kier molecular flexibility index (Phi) is 2.02. The Bertz CT molecular complexity index is 116. The van der Waals surface area contributed by atoms with Crippen molar-refractivity contribution in [2.45, 2.75) is 12.5 Å². The molecule has 1 saturated heterocycles. The van der Waals surface area contributed by atoms with Crippen molar-refractivity contribution >= 4 is 5.91 Å². The van der Waals surface area contributed by atoms with Gasteiger partial charge in [-0.2, -0.15) is 0 Å². The number of nitrogens with one attached hydrogen (secondary N) is 2. The van der Waals surface area contributed by atoms with Gasteiger partial charge in [-0.25, -0.2) is 5.43 Å². The molecule has 0 aromatic heterocycles. The molecule has 0 saturated carbocycles. The van der Waals surface area contributed by atoms with Crippen LogP contribution < -0.4 is 10.9 Å². The lowest BCUT2D eigenvalue weighted by molar-refractivity contribution is -0.119. The van der Waals surface area contributed by atoms with Gasteiger partial charge in [-0.3, -0.25) is 10.2 Å². The Morgan fingerprint density at radius 1 is 1.89 bits per heavy atom. The molecule has 0 aromatic carbocycles. The molecule has 1 heterocycles. The third-order valence-electron chi connectivity index (χ3n) is 1.22. The van der Waals surface area contributed by atoms with Gasteiger partial charge in [-0.15, -0.1) is 0 Å². The van der Waals surface area contributed by atoms with Crippen LogP contribution in [-0.2, 0) is 9.53 Å². The summed E-state index contributed by atoms with van der Waals surface area (Å²) in [6, 6.07) is 0.155. The maximum absolute atomic E-state index is 10.5. The number of methoxy groups -OCH3 is 1. The summed E-state index contributed by atoms with van der Waals surface area (Å²) in [4.78, 5) is 10.5. The molecule has 0 bridgehead atoms. The molecule has 1 rings (SSSR count). The molecule has 1 unspecified atom stereocenters. The molecule has 2 N–H and O–H groups in total. The minimum Gasteiger partial charge on any atom is -0.383 e. The quantitative estimate of drug-likeness (QED) is 0.505. The Morgan fingerprint density at radius 2 is 2.67 bits per heavy atom. The van der Waals surface area contributed by atoms with Gasteiger partial charge < -0.3 is 4.74 Å². The Morgan fingerprint density at radius 3 is 3.11 bits per heavy atom. The molecule has 1 atom stereocenters. The number of ether oxygens (including phenoxy) is 1. The van der Waals surface area contributed by atoms with E-state index in [2.05, 4.69) is 10.9 Å². The highest BCUT2D eigenvalue weighted by Gasteiger charge is 2.19. The van der Waals surface area contributed by atoms with Gasteiger partial charge in [0.25, 0.3) is 0 Å². The van der Waals surface area contributed by atoms with E-state index in [0.29, 0.717) is 13.0 Å². The van der Waals surface area contributed by atoms with Crippen LogP contribution in [0.25, 0.3) is 0 Å². The lowest BCUT2D eigenvalue weighted by atomic mass is 10.2. The standard InChI is InChI=1S/C5H10N2O2/c1-9-3-4-2-5(8)7-6-4/h4,6H,2-3H2,1H3,(H,7,8). The predicted molar refractivity (Wildman–Crippen MR) is 31.6 cm³/mol. The molecule has 4 nitrogen and oxygen atoms in total. The zero-order valence-corrected chi connectivity index (χ0v) is 5.31. The normalized spacial score (nSPS) is 26.3. The molecule has 0 aliphatic carbocycles. The van der Waals surface area contributed by atoms with Crippen molar-refractivity contribution in [3.8, 4) is 0 Å². The van der Waals surface area contributed by atoms with E-state index in [9.17, 15) is 4.79 Å². The zero-order chi connectivity index (χ0) is 6.69. The van der Waals surface area contributed by atoms with Crippen LogP contribution in [0.1, 0.15) is 6.42 Å². The SMILES string of the molecule is COCC1CC(=O)NN1. The summed E-state index contributed by atoms with van der Waals surface area (Å²) >= 11 is 0. The lowest BCUT2D eigenvalue weighted by Gasteiger charge is -2.03. The number of carbonyl (C=O) groups excluding carboxylic acids is 1. The summed E-state index contributed by atoms with van der Waals surface area (Å²) in [5.41, 5.74) is 5.27. The monoisotopic (exact) mass is 130 g/mol. The first kappa shape index (κ1) is 6.51. The van der Waals surface area contributed by atoms with Crippen molar-refractivity contribution in [1.29, 1.82) is 0 Å². The zero-order valence-electron chi connectivity index (χ0n) is 5.31. The van der Waals surface area contributed by atoms with Gasteiger partial charge in [0.15, 0.2) is 0 Å². The van der Waals surface area contributed by atoms with Gasteiger partial charge in [0.05, 0.1) is 12.6 Å². The van der Waals surface area contributed by atoms with Gasteiger partial charge in [0.2, 0.25) is 5.91 Å². The Balaban J connectivity index is 2.22. The molecule has 0 radical (unpaired) electrons. The van der Waals surface area contributed by atoms with E-state index in [1.54, 1.807) is 7.11 Å². The summed E-state index contributed by atoms with van der Waals surface area (Å²) in [6.07, 6.45) is 0.522. The van der Waals surface area contributed by atoms with E-state index in [4.69, 9.17) is 4.74 Å². The highest BCUT2D eigenvalue weighted by molar-refractivity contribution is 5.77. The average Bonchev–Trinajstić information content (AvgIpc) is 2.17. The minimum atomic E-state index is 0.0389. The van der Waals surface area contributed by atoms with Crippen LogP contribution in [0.5, 0.6) is 0 Å². The number of amides is 1. The molecule has 1 aliphatic rings. The van der Waals surface area contributed by atoms with Gasteiger partial charge in [0.1, 0.15) is 0 Å².